The number of pyridine rings is 1. The molecule has 0 saturated carbocycles. The number of nitrogens with zero attached hydrogens (tertiary/aromatic N) is 2. The number of nitrogens with one attached hydrogen (secondary N) is 1. The van der Waals surface area contributed by atoms with Crippen LogP contribution in [0.4, 0.5) is 11.5 Å². The molecule has 0 amide bonds. The van der Waals surface area contributed by atoms with Gasteiger partial charge in [-0.2, -0.15) is 17.0 Å². The molecule has 1 aromatic rings. The highest BCUT2D eigenvalue weighted by Gasteiger charge is 2.07. The molecular weight excluding hydrogens is 220 g/mol. The van der Waals surface area contributed by atoms with Gasteiger partial charge in [-0.25, -0.2) is 4.98 Å². The number of aromatic nitrogens is 1. The van der Waals surface area contributed by atoms with E-state index in [2.05, 4.69) is 30.2 Å². The molecule has 1 rings (SSSR count). The zero-order chi connectivity index (χ0) is 12.0. The van der Waals surface area contributed by atoms with Gasteiger partial charge in [0, 0.05) is 11.8 Å². The number of nitrogen functional groups attached to an aromatic ring is 1. The van der Waals surface area contributed by atoms with Gasteiger partial charge in [-0.05, 0) is 18.7 Å². The van der Waals surface area contributed by atoms with Crippen LogP contribution in [0.15, 0.2) is 12.3 Å². The molecule has 0 aliphatic carbocycles. The molecule has 0 radical (unpaired) electrons. The Morgan fingerprint density at radius 1 is 1.69 bits per heavy atom. The molecule has 1 unspecified atom stereocenters. The Balaban J connectivity index is 2.70. The molecule has 0 bridgehead atoms. The van der Waals surface area contributed by atoms with Crippen molar-refractivity contribution in [2.45, 2.75) is 19.9 Å². The van der Waals surface area contributed by atoms with Crippen molar-refractivity contribution >= 4 is 23.3 Å². The Bertz CT molecular complexity index is 386. The van der Waals surface area contributed by atoms with E-state index in [4.69, 9.17) is 11.0 Å². The molecule has 0 aliphatic heterocycles. The van der Waals surface area contributed by atoms with Crippen molar-refractivity contribution in [1.82, 2.24) is 4.98 Å². The second-order valence-corrected chi connectivity index (χ2v) is 4.80. The van der Waals surface area contributed by atoms with E-state index in [0.717, 1.165) is 11.5 Å². The van der Waals surface area contributed by atoms with Crippen molar-refractivity contribution < 1.29 is 0 Å². The van der Waals surface area contributed by atoms with Crippen LogP contribution in [-0.2, 0) is 0 Å². The molecule has 0 saturated heterocycles. The van der Waals surface area contributed by atoms with Gasteiger partial charge in [0.1, 0.15) is 11.9 Å². The fourth-order valence-electron chi connectivity index (χ4n) is 1.25. The summed E-state index contributed by atoms with van der Waals surface area (Å²) in [5.41, 5.74) is 6.57. The maximum Gasteiger partial charge on any atom is 0.144 e. The molecule has 0 aliphatic rings. The second kappa shape index (κ2) is 6.23. The standard InChI is InChI=1S/C11H16N4S/c1-3-16-7-8(2)15-11-9(5-12)4-10(13)6-14-11/h4,6,8H,3,7,13H2,1-2H3,(H,14,15). The van der Waals surface area contributed by atoms with Crippen molar-refractivity contribution in [2.75, 3.05) is 22.6 Å². The van der Waals surface area contributed by atoms with E-state index in [1.54, 1.807) is 12.3 Å². The third-order valence-electron chi connectivity index (χ3n) is 1.98. The molecule has 1 heterocycles. The molecule has 16 heavy (non-hydrogen) atoms. The maximum atomic E-state index is 8.94. The van der Waals surface area contributed by atoms with Crippen LogP contribution in [0, 0.1) is 11.3 Å². The highest BCUT2D eigenvalue weighted by molar-refractivity contribution is 7.99. The summed E-state index contributed by atoms with van der Waals surface area (Å²) in [4.78, 5) is 4.13. The van der Waals surface area contributed by atoms with Gasteiger partial charge in [0.05, 0.1) is 17.4 Å². The number of anilines is 2. The lowest BCUT2D eigenvalue weighted by molar-refractivity contribution is 0.901. The van der Waals surface area contributed by atoms with Crippen LogP contribution in [0.1, 0.15) is 19.4 Å². The number of nitrogens with two attached hydrogens (primary N) is 1. The zero-order valence-corrected chi connectivity index (χ0v) is 10.3. The van der Waals surface area contributed by atoms with Crippen molar-refractivity contribution in [2.24, 2.45) is 0 Å². The van der Waals surface area contributed by atoms with E-state index in [1.807, 2.05) is 11.8 Å². The van der Waals surface area contributed by atoms with Gasteiger partial charge in [-0.3, -0.25) is 0 Å². The minimum absolute atomic E-state index is 0.285. The molecule has 0 spiro atoms. The summed E-state index contributed by atoms with van der Waals surface area (Å²) in [6.45, 7) is 4.20. The molecule has 0 fully saturated rings. The minimum atomic E-state index is 0.285. The number of rotatable bonds is 5. The quantitative estimate of drug-likeness (QED) is 0.818. The lowest BCUT2D eigenvalue weighted by Gasteiger charge is -2.14. The average Bonchev–Trinajstić information content (AvgIpc) is 2.28. The zero-order valence-electron chi connectivity index (χ0n) is 9.53. The fraction of sp³-hybridized carbons (Fsp3) is 0.455. The number of hydrogen-bond acceptors (Lipinski definition) is 5. The first-order chi connectivity index (χ1) is 7.67. The molecule has 3 N–H and O–H groups in total. The predicted molar refractivity (Wildman–Crippen MR) is 69.4 cm³/mol. The Kier molecular flexibility index (Phi) is 4.93. The summed E-state index contributed by atoms with van der Waals surface area (Å²) in [6, 6.07) is 4.01. The summed E-state index contributed by atoms with van der Waals surface area (Å²) in [5.74, 6) is 2.70. The molecule has 86 valence electrons. The first kappa shape index (κ1) is 12.7. The third-order valence-corrected chi connectivity index (χ3v) is 3.13. The summed E-state index contributed by atoms with van der Waals surface area (Å²) in [5, 5.41) is 12.2. The van der Waals surface area contributed by atoms with Gasteiger partial charge in [0.2, 0.25) is 0 Å². The smallest absolute Gasteiger partial charge is 0.144 e. The molecular formula is C11H16N4S. The highest BCUT2D eigenvalue weighted by atomic mass is 32.2. The number of thioether (sulfide) groups is 1. The Morgan fingerprint density at radius 2 is 2.44 bits per heavy atom. The van der Waals surface area contributed by atoms with Crippen LogP contribution in [0.5, 0.6) is 0 Å². The van der Waals surface area contributed by atoms with E-state index in [0.29, 0.717) is 17.1 Å². The van der Waals surface area contributed by atoms with Crippen LogP contribution in [-0.4, -0.2) is 22.5 Å². The van der Waals surface area contributed by atoms with Gasteiger partial charge in [-0.15, -0.1) is 0 Å². The molecule has 1 aromatic heterocycles. The van der Waals surface area contributed by atoms with E-state index < -0.39 is 0 Å². The summed E-state index contributed by atoms with van der Waals surface area (Å²) in [6.07, 6.45) is 1.56. The van der Waals surface area contributed by atoms with Crippen molar-refractivity contribution in [3.8, 4) is 6.07 Å². The van der Waals surface area contributed by atoms with Crippen LogP contribution in [0.2, 0.25) is 0 Å². The molecule has 0 aromatic carbocycles. The van der Waals surface area contributed by atoms with Crippen molar-refractivity contribution in [3.05, 3.63) is 17.8 Å². The Hall–Kier alpha value is -1.41. The first-order valence-electron chi connectivity index (χ1n) is 5.17. The average molecular weight is 236 g/mol. The minimum Gasteiger partial charge on any atom is -0.397 e. The van der Waals surface area contributed by atoms with E-state index in [1.165, 1.54) is 0 Å². The lowest BCUT2D eigenvalue weighted by atomic mass is 10.2. The van der Waals surface area contributed by atoms with Gasteiger partial charge < -0.3 is 11.1 Å². The maximum absolute atomic E-state index is 8.94. The van der Waals surface area contributed by atoms with E-state index in [9.17, 15) is 0 Å². The van der Waals surface area contributed by atoms with E-state index in [-0.39, 0.29) is 6.04 Å². The fourth-order valence-corrected chi connectivity index (χ4v) is 1.92. The molecule has 5 heteroatoms. The van der Waals surface area contributed by atoms with Gasteiger partial charge >= 0.3 is 0 Å². The topological polar surface area (TPSA) is 74.7 Å². The number of hydrogen-bond donors (Lipinski definition) is 2. The summed E-state index contributed by atoms with van der Waals surface area (Å²) in [7, 11) is 0. The Morgan fingerprint density at radius 3 is 3.06 bits per heavy atom. The predicted octanol–water partition coefficient (Wildman–Crippen LogP) is 2.09. The van der Waals surface area contributed by atoms with Crippen molar-refractivity contribution in [3.63, 3.8) is 0 Å². The SMILES string of the molecule is CCSCC(C)Nc1ncc(N)cc1C#N. The monoisotopic (exact) mass is 236 g/mol. The Labute approximate surface area is 100 Å². The normalized spacial score (nSPS) is 11.8. The summed E-state index contributed by atoms with van der Waals surface area (Å²) < 4.78 is 0. The first-order valence-corrected chi connectivity index (χ1v) is 6.32. The van der Waals surface area contributed by atoms with Crippen LogP contribution in [0.3, 0.4) is 0 Å². The third kappa shape index (κ3) is 3.63. The van der Waals surface area contributed by atoms with E-state index >= 15 is 0 Å². The van der Waals surface area contributed by atoms with Crippen LogP contribution < -0.4 is 11.1 Å². The second-order valence-electron chi connectivity index (χ2n) is 3.48. The number of nitriles is 1. The van der Waals surface area contributed by atoms with Crippen molar-refractivity contribution in [1.29, 1.82) is 5.26 Å². The molecule has 4 nitrogen and oxygen atoms in total. The van der Waals surface area contributed by atoms with Crippen LogP contribution >= 0.6 is 11.8 Å². The summed E-state index contributed by atoms with van der Waals surface area (Å²) >= 11 is 1.85. The van der Waals surface area contributed by atoms with Gasteiger partial charge in [0.15, 0.2) is 0 Å². The van der Waals surface area contributed by atoms with Crippen LogP contribution in [0.25, 0.3) is 0 Å². The highest BCUT2D eigenvalue weighted by Crippen LogP contribution is 2.16. The van der Waals surface area contributed by atoms with Gasteiger partial charge in [0.25, 0.3) is 0 Å². The lowest BCUT2D eigenvalue weighted by Crippen LogP contribution is -2.19. The van der Waals surface area contributed by atoms with Gasteiger partial charge in [-0.1, -0.05) is 6.92 Å². The largest absolute Gasteiger partial charge is 0.397 e. The molecule has 1 atom stereocenters.